The minimum absolute atomic E-state index is 0.878. The third-order valence-corrected chi connectivity index (χ3v) is 2.83. The van der Waals surface area contributed by atoms with Crippen molar-refractivity contribution >= 4 is 0 Å². The van der Waals surface area contributed by atoms with E-state index in [1.54, 1.807) is 0 Å². The topological polar surface area (TPSA) is 34.8 Å². The lowest BCUT2D eigenvalue weighted by Gasteiger charge is -2.03. The van der Waals surface area contributed by atoms with Crippen molar-refractivity contribution in [2.75, 3.05) is 6.54 Å². The van der Waals surface area contributed by atoms with Gasteiger partial charge in [-0.15, -0.1) is 0 Å². The van der Waals surface area contributed by atoms with Gasteiger partial charge in [0.2, 0.25) is 0 Å². The zero-order chi connectivity index (χ0) is 12.3. The lowest BCUT2D eigenvalue weighted by Crippen LogP contribution is -2.11. The molecule has 17 heavy (non-hydrogen) atoms. The van der Waals surface area contributed by atoms with Gasteiger partial charge in [0.15, 0.2) is 0 Å². The van der Waals surface area contributed by atoms with Gasteiger partial charge in [0, 0.05) is 26.0 Å². The predicted octanol–water partition coefficient (Wildman–Crippen LogP) is 1.69. The second-order valence-electron chi connectivity index (χ2n) is 4.37. The molecular weight excluding hydrogens is 212 g/mol. The van der Waals surface area contributed by atoms with Crippen LogP contribution in [0.25, 0.3) is 0 Å². The molecule has 0 unspecified atom stereocenters. The lowest BCUT2D eigenvalue weighted by atomic mass is 10.3. The van der Waals surface area contributed by atoms with Crippen molar-refractivity contribution in [3.05, 3.63) is 41.5 Å². The van der Waals surface area contributed by atoms with Crippen LogP contribution in [0.4, 0.5) is 0 Å². The summed E-state index contributed by atoms with van der Waals surface area (Å²) in [5, 5.41) is 7.68. The Balaban J connectivity index is 2.03. The molecule has 0 saturated heterocycles. The Hall–Kier alpha value is -1.55. The van der Waals surface area contributed by atoms with Gasteiger partial charge in [0.25, 0.3) is 0 Å². The summed E-state index contributed by atoms with van der Waals surface area (Å²) < 4.78 is 4.14. The Morgan fingerprint density at radius 1 is 1.41 bits per heavy atom. The van der Waals surface area contributed by atoms with Gasteiger partial charge < -0.3 is 9.88 Å². The summed E-state index contributed by atoms with van der Waals surface area (Å²) in [6.07, 6.45) is 4.31. The molecule has 0 aliphatic carbocycles. The number of nitrogens with zero attached hydrogens (tertiary/aromatic N) is 3. The molecule has 0 amide bonds. The molecule has 4 heteroatoms. The summed E-state index contributed by atoms with van der Waals surface area (Å²) in [5.41, 5.74) is 3.63. The van der Waals surface area contributed by atoms with E-state index in [1.807, 2.05) is 18.7 Å². The first-order chi connectivity index (χ1) is 8.19. The number of aryl methyl sites for hydroxylation is 2. The molecule has 0 aliphatic heterocycles. The van der Waals surface area contributed by atoms with E-state index in [4.69, 9.17) is 0 Å². The van der Waals surface area contributed by atoms with Crippen LogP contribution in [0.1, 0.15) is 23.9 Å². The standard InChI is InChI=1S/C13H20N4/c1-4-14-8-12-5-6-17(9-12)10-13-7-11(2)15-16(13)3/h5-7,9,14H,4,8,10H2,1-3H3. The molecule has 2 rings (SSSR count). The zero-order valence-corrected chi connectivity index (χ0v) is 10.8. The smallest absolute Gasteiger partial charge is 0.0639 e. The van der Waals surface area contributed by atoms with Crippen LogP contribution in [-0.2, 0) is 20.1 Å². The molecule has 4 nitrogen and oxygen atoms in total. The average Bonchev–Trinajstić information content (AvgIpc) is 2.84. The Kier molecular flexibility index (Phi) is 3.64. The summed E-state index contributed by atoms with van der Waals surface area (Å²) in [5.74, 6) is 0. The molecule has 92 valence electrons. The lowest BCUT2D eigenvalue weighted by molar-refractivity contribution is 0.662. The second kappa shape index (κ2) is 5.19. The largest absolute Gasteiger partial charge is 0.348 e. The van der Waals surface area contributed by atoms with Gasteiger partial charge >= 0.3 is 0 Å². The Labute approximate surface area is 102 Å². The number of rotatable bonds is 5. The highest BCUT2D eigenvalue weighted by Crippen LogP contribution is 2.07. The second-order valence-corrected chi connectivity index (χ2v) is 4.37. The SMILES string of the molecule is CCNCc1ccn(Cc2cc(C)nn2C)c1. The Bertz CT molecular complexity index is 481. The molecular formula is C13H20N4. The normalized spacial score (nSPS) is 11.0. The van der Waals surface area contributed by atoms with E-state index < -0.39 is 0 Å². The maximum Gasteiger partial charge on any atom is 0.0639 e. The maximum atomic E-state index is 4.35. The van der Waals surface area contributed by atoms with E-state index >= 15 is 0 Å². The fraction of sp³-hybridized carbons (Fsp3) is 0.462. The first kappa shape index (κ1) is 11.9. The molecule has 0 aliphatic rings. The molecule has 0 fully saturated rings. The zero-order valence-electron chi connectivity index (χ0n) is 10.8. The summed E-state index contributed by atoms with van der Waals surface area (Å²) in [4.78, 5) is 0. The van der Waals surface area contributed by atoms with Crippen molar-refractivity contribution in [2.45, 2.75) is 26.9 Å². The van der Waals surface area contributed by atoms with Gasteiger partial charge in [-0.25, -0.2) is 0 Å². The van der Waals surface area contributed by atoms with Gasteiger partial charge in [0.05, 0.1) is 17.9 Å². The number of hydrogen-bond acceptors (Lipinski definition) is 2. The first-order valence-corrected chi connectivity index (χ1v) is 6.04. The summed E-state index contributed by atoms with van der Waals surface area (Å²) in [6, 6.07) is 4.29. The quantitative estimate of drug-likeness (QED) is 0.851. The first-order valence-electron chi connectivity index (χ1n) is 6.04. The van der Waals surface area contributed by atoms with Crippen molar-refractivity contribution < 1.29 is 0 Å². The van der Waals surface area contributed by atoms with Gasteiger partial charge in [-0.1, -0.05) is 6.92 Å². The number of hydrogen-bond donors (Lipinski definition) is 1. The minimum Gasteiger partial charge on any atom is -0.348 e. The van der Waals surface area contributed by atoms with Crippen LogP contribution in [0.15, 0.2) is 24.5 Å². The van der Waals surface area contributed by atoms with E-state index in [9.17, 15) is 0 Å². The molecule has 0 radical (unpaired) electrons. The van der Waals surface area contributed by atoms with Gasteiger partial charge in [-0.05, 0) is 31.2 Å². The Morgan fingerprint density at radius 2 is 2.24 bits per heavy atom. The van der Waals surface area contributed by atoms with E-state index in [1.165, 1.54) is 11.3 Å². The monoisotopic (exact) mass is 232 g/mol. The van der Waals surface area contributed by atoms with Crippen LogP contribution < -0.4 is 5.32 Å². The highest BCUT2D eigenvalue weighted by Gasteiger charge is 2.03. The van der Waals surface area contributed by atoms with E-state index in [-0.39, 0.29) is 0 Å². The van der Waals surface area contributed by atoms with Gasteiger partial charge in [-0.3, -0.25) is 4.68 Å². The van der Waals surface area contributed by atoms with Crippen LogP contribution in [-0.4, -0.2) is 20.9 Å². The molecule has 0 spiro atoms. The van der Waals surface area contributed by atoms with Crippen LogP contribution in [0.2, 0.25) is 0 Å². The van der Waals surface area contributed by atoms with Crippen molar-refractivity contribution in [1.29, 1.82) is 0 Å². The summed E-state index contributed by atoms with van der Waals surface area (Å²) in [6.45, 7) is 6.97. The van der Waals surface area contributed by atoms with E-state index in [0.717, 1.165) is 25.3 Å². The minimum atomic E-state index is 0.878. The number of nitrogens with one attached hydrogen (secondary N) is 1. The molecule has 2 heterocycles. The van der Waals surface area contributed by atoms with Gasteiger partial charge in [-0.2, -0.15) is 5.10 Å². The molecule has 0 saturated carbocycles. The van der Waals surface area contributed by atoms with Crippen molar-refractivity contribution in [3.63, 3.8) is 0 Å². The van der Waals surface area contributed by atoms with Crippen LogP contribution in [0.3, 0.4) is 0 Å². The van der Waals surface area contributed by atoms with Crippen LogP contribution in [0, 0.1) is 6.92 Å². The van der Waals surface area contributed by atoms with Crippen LogP contribution >= 0.6 is 0 Å². The highest BCUT2D eigenvalue weighted by molar-refractivity contribution is 5.14. The molecule has 0 atom stereocenters. The third-order valence-electron chi connectivity index (χ3n) is 2.83. The number of aromatic nitrogens is 3. The van der Waals surface area contributed by atoms with E-state index in [2.05, 4.69) is 46.4 Å². The van der Waals surface area contributed by atoms with Crippen molar-refractivity contribution in [3.8, 4) is 0 Å². The predicted molar refractivity (Wildman–Crippen MR) is 68.9 cm³/mol. The third kappa shape index (κ3) is 2.97. The van der Waals surface area contributed by atoms with Gasteiger partial charge in [0.1, 0.15) is 0 Å². The summed E-state index contributed by atoms with van der Waals surface area (Å²) >= 11 is 0. The highest BCUT2D eigenvalue weighted by atomic mass is 15.3. The molecule has 1 N–H and O–H groups in total. The van der Waals surface area contributed by atoms with Crippen LogP contribution in [0.5, 0.6) is 0 Å². The molecule has 0 aromatic carbocycles. The average molecular weight is 232 g/mol. The molecule has 0 bridgehead atoms. The van der Waals surface area contributed by atoms with Crippen molar-refractivity contribution in [1.82, 2.24) is 19.7 Å². The van der Waals surface area contributed by atoms with E-state index in [0.29, 0.717) is 0 Å². The fourth-order valence-corrected chi connectivity index (χ4v) is 1.96. The van der Waals surface area contributed by atoms with Crippen molar-refractivity contribution in [2.24, 2.45) is 7.05 Å². The fourth-order valence-electron chi connectivity index (χ4n) is 1.96. The molecule has 2 aromatic heterocycles. The summed E-state index contributed by atoms with van der Waals surface area (Å²) in [7, 11) is 1.99. The Morgan fingerprint density at radius 3 is 2.88 bits per heavy atom. The maximum absolute atomic E-state index is 4.35. The molecule has 2 aromatic rings.